The molecule has 31 heavy (non-hydrogen) atoms. The van der Waals surface area contributed by atoms with Gasteiger partial charge < -0.3 is 15.4 Å². The summed E-state index contributed by atoms with van der Waals surface area (Å²) < 4.78 is 2.14. The second-order valence-corrected chi connectivity index (χ2v) is 10.4. The molecule has 4 heteroatoms. The maximum Gasteiger partial charge on any atom is 0.250 e. The van der Waals surface area contributed by atoms with Gasteiger partial charge in [-0.15, -0.1) is 0 Å². The summed E-state index contributed by atoms with van der Waals surface area (Å²) in [5.74, 6) is -0.0896. The Kier molecular flexibility index (Phi) is 5.79. The van der Waals surface area contributed by atoms with Gasteiger partial charge in [0.15, 0.2) is 0 Å². The van der Waals surface area contributed by atoms with Gasteiger partial charge in [-0.1, -0.05) is 71.9 Å². The van der Waals surface area contributed by atoms with Crippen LogP contribution in [0, 0.1) is 6.92 Å². The summed E-state index contributed by atoms with van der Waals surface area (Å²) in [6.07, 6.45) is 0. The van der Waals surface area contributed by atoms with E-state index in [1.54, 1.807) is 0 Å². The minimum atomic E-state index is -0.434. The molecule has 2 aromatic carbocycles. The van der Waals surface area contributed by atoms with Crippen LogP contribution in [-0.2, 0) is 17.4 Å². The summed E-state index contributed by atoms with van der Waals surface area (Å²) in [5.41, 5.74) is 11.4. The number of phenolic OH excluding ortho intramolecular Hbond substituents is 1. The van der Waals surface area contributed by atoms with Gasteiger partial charge >= 0.3 is 0 Å². The number of aromatic nitrogens is 1. The van der Waals surface area contributed by atoms with Gasteiger partial charge in [0.1, 0.15) is 5.75 Å². The molecule has 4 nitrogen and oxygen atoms in total. The van der Waals surface area contributed by atoms with Gasteiger partial charge in [-0.05, 0) is 47.1 Å². The molecular formula is C27H34N2O2. The minimum absolute atomic E-state index is 0.238. The van der Waals surface area contributed by atoms with Crippen molar-refractivity contribution in [3.63, 3.8) is 0 Å². The van der Waals surface area contributed by atoms with E-state index >= 15 is 0 Å². The average molecular weight is 419 g/mol. The van der Waals surface area contributed by atoms with E-state index < -0.39 is 5.91 Å². The molecule has 164 valence electrons. The Hall–Kier alpha value is -3.01. The normalized spacial score (nSPS) is 12.2. The lowest BCUT2D eigenvalue weighted by molar-refractivity contribution is 0.0999. The van der Waals surface area contributed by atoms with Crippen molar-refractivity contribution in [2.75, 3.05) is 0 Å². The standard InChI is InChI=1S/C27H34N2O2/c1-17-20(25(28)31)15-23(29(17)16-18-11-9-8-10-12-18)19-13-21(26(2,3)4)24(30)22(14-19)27(5,6)7/h8-15,30H,16H2,1-7H3,(H2,28,31). The zero-order valence-electron chi connectivity index (χ0n) is 19.7. The maximum absolute atomic E-state index is 12.1. The third-order valence-electron chi connectivity index (χ3n) is 5.84. The van der Waals surface area contributed by atoms with Crippen LogP contribution in [0.1, 0.15) is 74.3 Å². The molecule has 0 aliphatic rings. The second kappa shape index (κ2) is 7.92. The Morgan fingerprint density at radius 2 is 1.45 bits per heavy atom. The molecular weight excluding hydrogens is 384 g/mol. The summed E-state index contributed by atoms with van der Waals surface area (Å²) in [6.45, 7) is 15.2. The summed E-state index contributed by atoms with van der Waals surface area (Å²) in [5, 5.41) is 11.1. The fourth-order valence-electron chi connectivity index (χ4n) is 4.03. The zero-order chi connectivity index (χ0) is 23.1. The first-order valence-corrected chi connectivity index (χ1v) is 10.7. The van der Waals surface area contributed by atoms with E-state index in [1.807, 2.05) is 43.3 Å². The quantitative estimate of drug-likeness (QED) is 0.553. The van der Waals surface area contributed by atoms with Crippen LogP contribution in [-0.4, -0.2) is 15.6 Å². The lowest BCUT2D eigenvalue weighted by Gasteiger charge is -2.28. The number of rotatable bonds is 4. The topological polar surface area (TPSA) is 68.2 Å². The van der Waals surface area contributed by atoms with E-state index in [9.17, 15) is 9.90 Å². The highest BCUT2D eigenvalue weighted by atomic mass is 16.3. The number of carbonyl (C=O) groups excluding carboxylic acids is 1. The van der Waals surface area contributed by atoms with Crippen molar-refractivity contribution in [3.05, 3.63) is 76.5 Å². The monoisotopic (exact) mass is 418 g/mol. The molecule has 0 bridgehead atoms. The van der Waals surface area contributed by atoms with Gasteiger partial charge in [0.25, 0.3) is 5.91 Å². The smallest absolute Gasteiger partial charge is 0.250 e. The molecule has 0 aliphatic heterocycles. The van der Waals surface area contributed by atoms with Gasteiger partial charge in [-0.3, -0.25) is 4.79 Å². The Morgan fingerprint density at radius 3 is 1.90 bits per heavy atom. The van der Waals surface area contributed by atoms with Crippen molar-refractivity contribution in [2.45, 2.75) is 65.8 Å². The molecule has 0 saturated carbocycles. The molecule has 1 heterocycles. The highest BCUT2D eigenvalue weighted by Crippen LogP contribution is 2.42. The van der Waals surface area contributed by atoms with Crippen molar-refractivity contribution >= 4 is 5.91 Å². The number of aromatic hydroxyl groups is 1. The lowest BCUT2D eigenvalue weighted by Crippen LogP contribution is -2.17. The van der Waals surface area contributed by atoms with Gasteiger partial charge in [-0.25, -0.2) is 0 Å². The highest BCUT2D eigenvalue weighted by molar-refractivity contribution is 5.95. The van der Waals surface area contributed by atoms with Crippen LogP contribution in [0.2, 0.25) is 0 Å². The predicted octanol–water partition coefficient (Wildman–Crippen LogP) is 5.91. The molecule has 3 aromatic rings. The number of hydrogen-bond donors (Lipinski definition) is 2. The largest absolute Gasteiger partial charge is 0.507 e. The SMILES string of the molecule is Cc1c(C(N)=O)cc(-c2cc(C(C)(C)C)c(O)c(C(C)(C)C)c2)n1Cc1ccccc1. The first-order valence-electron chi connectivity index (χ1n) is 10.7. The van der Waals surface area contributed by atoms with Crippen LogP contribution in [0.25, 0.3) is 11.3 Å². The van der Waals surface area contributed by atoms with E-state index in [2.05, 4.69) is 58.2 Å². The summed E-state index contributed by atoms with van der Waals surface area (Å²) >= 11 is 0. The first-order chi connectivity index (χ1) is 14.3. The zero-order valence-corrected chi connectivity index (χ0v) is 19.7. The first kappa shape index (κ1) is 22.7. The molecule has 3 rings (SSSR count). The number of amides is 1. The van der Waals surface area contributed by atoms with Crippen LogP contribution >= 0.6 is 0 Å². The van der Waals surface area contributed by atoms with Crippen LogP contribution in [0.15, 0.2) is 48.5 Å². The van der Waals surface area contributed by atoms with Crippen LogP contribution in [0.5, 0.6) is 5.75 Å². The van der Waals surface area contributed by atoms with Crippen molar-refractivity contribution in [2.24, 2.45) is 5.73 Å². The van der Waals surface area contributed by atoms with Crippen molar-refractivity contribution in [3.8, 4) is 17.0 Å². The maximum atomic E-state index is 12.1. The number of nitrogens with two attached hydrogens (primary N) is 1. The fourth-order valence-corrected chi connectivity index (χ4v) is 4.03. The average Bonchev–Trinajstić information content (AvgIpc) is 2.98. The van der Waals surface area contributed by atoms with Gasteiger partial charge in [-0.2, -0.15) is 0 Å². The number of hydrogen-bond acceptors (Lipinski definition) is 2. The Morgan fingerprint density at radius 1 is 0.935 bits per heavy atom. The summed E-state index contributed by atoms with van der Waals surface area (Å²) in [4.78, 5) is 12.1. The van der Waals surface area contributed by atoms with Crippen molar-refractivity contribution < 1.29 is 9.90 Å². The number of benzene rings is 2. The van der Waals surface area contributed by atoms with Crippen LogP contribution < -0.4 is 5.73 Å². The second-order valence-electron chi connectivity index (χ2n) is 10.4. The van der Waals surface area contributed by atoms with E-state index in [-0.39, 0.29) is 10.8 Å². The molecule has 1 amide bonds. The predicted molar refractivity (Wildman–Crippen MR) is 128 cm³/mol. The molecule has 0 radical (unpaired) electrons. The lowest BCUT2D eigenvalue weighted by atomic mass is 9.78. The van der Waals surface area contributed by atoms with E-state index in [0.717, 1.165) is 33.6 Å². The summed E-state index contributed by atoms with van der Waals surface area (Å²) in [7, 11) is 0. The Bertz CT molecular complexity index is 1080. The van der Waals surface area contributed by atoms with Gasteiger partial charge in [0, 0.05) is 29.1 Å². The number of primary amides is 1. The van der Waals surface area contributed by atoms with Crippen LogP contribution in [0.3, 0.4) is 0 Å². The number of carbonyl (C=O) groups is 1. The molecule has 0 spiro atoms. The molecule has 0 saturated heterocycles. The van der Waals surface area contributed by atoms with Crippen LogP contribution in [0.4, 0.5) is 0 Å². The number of phenols is 1. The van der Waals surface area contributed by atoms with Crippen molar-refractivity contribution in [1.29, 1.82) is 0 Å². The van der Waals surface area contributed by atoms with E-state index in [1.165, 1.54) is 0 Å². The Labute approximate surface area is 185 Å². The van der Waals surface area contributed by atoms with Crippen molar-refractivity contribution in [1.82, 2.24) is 4.57 Å². The van der Waals surface area contributed by atoms with E-state index in [4.69, 9.17) is 5.73 Å². The number of nitrogens with zero attached hydrogens (tertiary/aromatic N) is 1. The molecule has 0 atom stereocenters. The third-order valence-corrected chi connectivity index (χ3v) is 5.84. The third kappa shape index (κ3) is 4.53. The molecule has 3 N–H and O–H groups in total. The fraction of sp³-hybridized carbons (Fsp3) is 0.370. The molecule has 0 fully saturated rings. The summed E-state index contributed by atoms with van der Waals surface area (Å²) in [6, 6.07) is 16.1. The molecule has 1 aromatic heterocycles. The van der Waals surface area contributed by atoms with Gasteiger partial charge in [0.2, 0.25) is 0 Å². The molecule has 0 unspecified atom stereocenters. The molecule has 0 aliphatic carbocycles. The van der Waals surface area contributed by atoms with Gasteiger partial charge in [0.05, 0.1) is 5.56 Å². The minimum Gasteiger partial charge on any atom is -0.507 e. The Balaban J connectivity index is 2.31. The highest BCUT2D eigenvalue weighted by Gasteiger charge is 2.28. The van der Waals surface area contributed by atoms with E-state index in [0.29, 0.717) is 17.9 Å².